The van der Waals surface area contributed by atoms with Gasteiger partial charge in [0, 0.05) is 37.9 Å². The molecular weight excluding hydrogens is 435 g/mol. The number of hydrogen-bond acceptors (Lipinski definition) is 7. The zero-order valence-electron chi connectivity index (χ0n) is 18.4. The lowest BCUT2D eigenvalue weighted by molar-refractivity contribution is 0.372. The van der Waals surface area contributed by atoms with Crippen molar-refractivity contribution in [1.82, 2.24) is 24.1 Å². The molecule has 0 N–H and O–H groups in total. The average molecular weight is 461 g/mol. The highest BCUT2D eigenvalue weighted by molar-refractivity contribution is 7.89. The minimum Gasteiger partial charge on any atom is -0.495 e. The SMILES string of the molecule is COc1ccc(F)cc1S(=O)(=O)N1CCN(c2cc(-n3nc(C)cc3C)nc(C)n2)CC1. The van der Waals surface area contributed by atoms with Crippen LogP contribution in [-0.2, 0) is 10.0 Å². The smallest absolute Gasteiger partial charge is 0.246 e. The lowest BCUT2D eigenvalue weighted by Crippen LogP contribution is -2.49. The third kappa shape index (κ3) is 4.17. The van der Waals surface area contributed by atoms with Gasteiger partial charge in [0.05, 0.1) is 12.8 Å². The van der Waals surface area contributed by atoms with E-state index >= 15 is 0 Å². The summed E-state index contributed by atoms with van der Waals surface area (Å²) in [7, 11) is -2.54. The molecule has 1 aliphatic rings. The molecule has 1 aromatic carbocycles. The van der Waals surface area contributed by atoms with E-state index in [1.165, 1.54) is 23.5 Å². The van der Waals surface area contributed by atoms with Gasteiger partial charge in [-0.3, -0.25) is 0 Å². The molecule has 1 fully saturated rings. The van der Waals surface area contributed by atoms with Gasteiger partial charge in [-0.2, -0.15) is 9.40 Å². The largest absolute Gasteiger partial charge is 0.495 e. The second kappa shape index (κ2) is 8.47. The summed E-state index contributed by atoms with van der Waals surface area (Å²) in [5, 5.41) is 4.49. The highest BCUT2D eigenvalue weighted by Crippen LogP contribution is 2.29. The fourth-order valence-corrected chi connectivity index (χ4v) is 5.41. The molecule has 0 radical (unpaired) electrons. The van der Waals surface area contributed by atoms with Crippen LogP contribution < -0.4 is 9.64 Å². The van der Waals surface area contributed by atoms with Gasteiger partial charge >= 0.3 is 0 Å². The first-order chi connectivity index (χ1) is 15.2. The van der Waals surface area contributed by atoms with Crippen LogP contribution in [0.3, 0.4) is 0 Å². The first-order valence-electron chi connectivity index (χ1n) is 10.2. The van der Waals surface area contributed by atoms with Crippen molar-refractivity contribution in [2.45, 2.75) is 25.7 Å². The van der Waals surface area contributed by atoms with Gasteiger partial charge in [0.2, 0.25) is 10.0 Å². The third-order valence-corrected chi connectivity index (χ3v) is 7.26. The molecule has 9 nitrogen and oxygen atoms in total. The number of aryl methyl sites for hydroxylation is 3. The quantitative estimate of drug-likeness (QED) is 0.576. The van der Waals surface area contributed by atoms with Gasteiger partial charge in [0.25, 0.3) is 0 Å². The standard InChI is InChI=1S/C21H25FN6O3S/c1-14-11-15(2)28(25-14)21-13-20(23-16(3)24-21)26-7-9-27(10-8-26)32(29,30)19-12-17(22)5-6-18(19)31-4/h5-6,11-13H,7-10H2,1-4H3. The summed E-state index contributed by atoms with van der Waals surface area (Å²) in [5.41, 5.74) is 1.86. The normalized spacial score (nSPS) is 15.2. The van der Waals surface area contributed by atoms with E-state index in [9.17, 15) is 12.8 Å². The van der Waals surface area contributed by atoms with Crippen molar-refractivity contribution in [3.63, 3.8) is 0 Å². The molecule has 4 rings (SSSR count). The first kappa shape index (κ1) is 22.2. The number of anilines is 1. The number of rotatable bonds is 5. The molecule has 0 amide bonds. The van der Waals surface area contributed by atoms with Crippen molar-refractivity contribution in [2.24, 2.45) is 0 Å². The molecule has 0 aliphatic carbocycles. The van der Waals surface area contributed by atoms with Crippen LogP contribution >= 0.6 is 0 Å². The van der Waals surface area contributed by atoms with Crippen LogP contribution in [0, 0.1) is 26.6 Å². The van der Waals surface area contributed by atoms with Crippen LogP contribution in [0.15, 0.2) is 35.2 Å². The van der Waals surface area contributed by atoms with E-state index in [1.54, 1.807) is 4.68 Å². The number of nitrogens with zero attached hydrogens (tertiary/aromatic N) is 6. The topological polar surface area (TPSA) is 93.5 Å². The zero-order valence-corrected chi connectivity index (χ0v) is 19.2. The predicted molar refractivity (Wildman–Crippen MR) is 117 cm³/mol. The van der Waals surface area contributed by atoms with Gasteiger partial charge in [0.1, 0.15) is 28.1 Å². The first-order valence-corrected chi connectivity index (χ1v) is 11.6. The van der Waals surface area contributed by atoms with E-state index in [4.69, 9.17) is 4.74 Å². The Kier molecular flexibility index (Phi) is 5.87. The Labute approximate surface area is 186 Å². The number of sulfonamides is 1. The van der Waals surface area contributed by atoms with Crippen molar-refractivity contribution >= 4 is 15.8 Å². The molecule has 0 atom stereocenters. The Morgan fingerprint density at radius 2 is 1.66 bits per heavy atom. The number of halogens is 1. The summed E-state index contributed by atoms with van der Waals surface area (Å²) in [6.45, 7) is 7.04. The van der Waals surface area contributed by atoms with Crippen LogP contribution in [0.25, 0.3) is 5.82 Å². The second-order valence-electron chi connectivity index (χ2n) is 7.66. The van der Waals surface area contributed by atoms with Crippen molar-refractivity contribution in [3.05, 3.63) is 53.4 Å². The Morgan fingerprint density at radius 3 is 2.28 bits per heavy atom. The maximum absolute atomic E-state index is 13.7. The Balaban J connectivity index is 1.56. The summed E-state index contributed by atoms with van der Waals surface area (Å²) >= 11 is 0. The van der Waals surface area contributed by atoms with E-state index in [1.807, 2.05) is 37.8 Å². The summed E-state index contributed by atoms with van der Waals surface area (Å²) < 4.78 is 48.2. The number of benzene rings is 1. The molecule has 0 bridgehead atoms. The Hall–Kier alpha value is -3.05. The van der Waals surface area contributed by atoms with Crippen molar-refractivity contribution in [2.75, 3.05) is 38.2 Å². The van der Waals surface area contributed by atoms with E-state index in [-0.39, 0.29) is 23.7 Å². The monoisotopic (exact) mass is 460 g/mol. The third-order valence-electron chi connectivity index (χ3n) is 5.34. The molecule has 3 heterocycles. The van der Waals surface area contributed by atoms with Crippen molar-refractivity contribution in [1.29, 1.82) is 0 Å². The molecule has 1 saturated heterocycles. The minimum absolute atomic E-state index is 0.120. The van der Waals surface area contributed by atoms with Crippen molar-refractivity contribution < 1.29 is 17.5 Å². The second-order valence-corrected chi connectivity index (χ2v) is 9.56. The molecule has 3 aromatic rings. The fraction of sp³-hybridized carbons (Fsp3) is 0.381. The van der Waals surface area contributed by atoms with E-state index in [0.717, 1.165) is 17.5 Å². The number of methoxy groups -OCH3 is 1. The van der Waals surface area contributed by atoms with E-state index < -0.39 is 15.8 Å². The van der Waals surface area contributed by atoms with Gasteiger partial charge < -0.3 is 9.64 Å². The van der Waals surface area contributed by atoms with Crippen LogP contribution in [0.1, 0.15) is 17.2 Å². The number of aromatic nitrogens is 4. The van der Waals surface area contributed by atoms with Crippen LogP contribution in [0.5, 0.6) is 5.75 Å². The van der Waals surface area contributed by atoms with Gasteiger partial charge in [0.15, 0.2) is 5.82 Å². The zero-order chi connectivity index (χ0) is 23.0. The predicted octanol–water partition coefficient (Wildman–Crippen LogP) is 2.25. The molecule has 1 aliphatic heterocycles. The number of piperazine rings is 1. The van der Waals surface area contributed by atoms with Gasteiger partial charge in [-0.15, -0.1) is 0 Å². The number of hydrogen-bond donors (Lipinski definition) is 0. The highest BCUT2D eigenvalue weighted by atomic mass is 32.2. The molecule has 11 heteroatoms. The van der Waals surface area contributed by atoms with Crippen LogP contribution in [0.2, 0.25) is 0 Å². The molecular formula is C21H25FN6O3S. The lowest BCUT2D eigenvalue weighted by atomic mass is 10.3. The molecule has 0 unspecified atom stereocenters. The summed E-state index contributed by atoms with van der Waals surface area (Å²) in [5.74, 6) is 1.47. The molecule has 0 saturated carbocycles. The lowest BCUT2D eigenvalue weighted by Gasteiger charge is -2.35. The summed E-state index contributed by atoms with van der Waals surface area (Å²) in [6, 6.07) is 7.32. The Morgan fingerprint density at radius 1 is 0.969 bits per heavy atom. The molecule has 32 heavy (non-hydrogen) atoms. The van der Waals surface area contributed by atoms with E-state index in [0.29, 0.717) is 30.5 Å². The maximum atomic E-state index is 13.7. The van der Waals surface area contributed by atoms with Gasteiger partial charge in [-0.25, -0.2) is 27.5 Å². The average Bonchev–Trinajstić information content (AvgIpc) is 3.11. The van der Waals surface area contributed by atoms with Crippen LogP contribution in [0.4, 0.5) is 10.2 Å². The Bertz CT molecular complexity index is 1250. The van der Waals surface area contributed by atoms with Gasteiger partial charge in [-0.1, -0.05) is 0 Å². The van der Waals surface area contributed by atoms with E-state index in [2.05, 4.69) is 15.1 Å². The van der Waals surface area contributed by atoms with Crippen LogP contribution in [-0.4, -0.2) is 65.8 Å². The summed E-state index contributed by atoms with van der Waals surface area (Å²) in [6.07, 6.45) is 0. The molecule has 170 valence electrons. The highest BCUT2D eigenvalue weighted by Gasteiger charge is 2.32. The van der Waals surface area contributed by atoms with Gasteiger partial charge in [-0.05, 0) is 45.0 Å². The van der Waals surface area contributed by atoms with Crippen molar-refractivity contribution in [3.8, 4) is 11.6 Å². The summed E-state index contributed by atoms with van der Waals surface area (Å²) in [4.78, 5) is 10.9. The maximum Gasteiger partial charge on any atom is 0.246 e. The number of ether oxygens (including phenoxy) is 1. The molecule has 0 spiro atoms. The molecule has 2 aromatic heterocycles. The minimum atomic E-state index is -3.90. The fourth-order valence-electron chi connectivity index (χ4n) is 3.82.